The smallest absolute Gasteiger partial charge is 0.170 e. The summed E-state index contributed by atoms with van der Waals surface area (Å²) >= 11 is 0. The molecule has 0 saturated carbocycles. The number of nitrogens with two attached hydrogens (primary N) is 1. The first kappa shape index (κ1) is 14.4. The molecule has 0 bridgehead atoms. The van der Waals surface area contributed by atoms with Gasteiger partial charge < -0.3 is 15.2 Å². The van der Waals surface area contributed by atoms with Crippen LogP contribution in [-0.4, -0.2) is 18.0 Å². The number of ketones is 1. The van der Waals surface area contributed by atoms with Crippen LogP contribution in [-0.2, 0) is 0 Å². The molecular weight excluding hydrogens is 285 g/mol. The van der Waals surface area contributed by atoms with E-state index in [-0.39, 0.29) is 24.4 Å². The summed E-state index contributed by atoms with van der Waals surface area (Å²) in [6.45, 7) is 2.01. The fraction of sp³-hybridized carbons (Fsp3) is 0.235. The number of benzene rings is 2. The quantitative estimate of drug-likeness (QED) is 0.884. The van der Waals surface area contributed by atoms with Crippen molar-refractivity contribution in [1.29, 1.82) is 0 Å². The molecule has 2 aromatic carbocycles. The molecule has 0 amide bonds. The maximum Gasteiger partial charge on any atom is 0.170 e. The van der Waals surface area contributed by atoms with E-state index in [1.54, 1.807) is 31.2 Å². The Balaban J connectivity index is 1.75. The van der Waals surface area contributed by atoms with Gasteiger partial charge in [-0.2, -0.15) is 0 Å². The molecule has 3 rings (SSSR count). The fourth-order valence-corrected chi connectivity index (χ4v) is 2.43. The van der Waals surface area contributed by atoms with Crippen LogP contribution in [0.15, 0.2) is 42.5 Å². The molecule has 1 unspecified atom stereocenters. The zero-order valence-electron chi connectivity index (χ0n) is 12.1. The number of carbonyl (C=O) groups excluding carboxylic acids is 1. The molecular formula is C17H16FNO3. The SMILES string of the molecule is CC1(COc2ccc(N)cc2)CC(=O)c2cc(F)ccc2O1. The van der Waals surface area contributed by atoms with E-state index in [1.807, 2.05) is 0 Å². The van der Waals surface area contributed by atoms with Crippen LogP contribution in [0.25, 0.3) is 0 Å². The molecule has 22 heavy (non-hydrogen) atoms. The van der Waals surface area contributed by atoms with Crippen molar-refractivity contribution in [3.05, 3.63) is 53.8 Å². The first-order valence-electron chi connectivity index (χ1n) is 6.95. The summed E-state index contributed by atoms with van der Waals surface area (Å²) in [5.41, 5.74) is 5.77. The average molecular weight is 301 g/mol. The van der Waals surface area contributed by atoms with Crippen molar-refractivity contribution in [1.82, 2.24) is 0 Å². The number of Topliss-reactive ketones (excluding diaryl/α,β-unsaturated/α-hetero) is 1. The van der Waals surface area contributed by atoms with Crippen LogP contribution >= 0.6 is 0 Å². The zero-order valence-corrected chi connectivity index (χ0v) is 12.1. The van der Waals surface area contributed by atoms with Gasteiger partial charge in [-0.25, -0.2) is 4.39 Å². The normalized spacial score (nSPS) is 20.2. The van der Waals surface area contributed by atoms with Crippen LogP contribution in [0.5, 0.6) is 11.5 Å². The number of halogens is 1. The van der Waals surface area contributed by atoms with Crippen LogP contribution in [0.1, 0.15) is 23.7 Å². The minimum Gasteiger partial charge on any atom is -0.489 e. The summed E-state index contributed by atoms with van der Waals surface area (Å²) in [4.78, 5) is 12.2. The highest BCUT2D eigenvalue weighted by Gasteiger charge is 2.37. The first-order chi connectivity index (χ1) is 10.5. The molecule has 0 radical (unpaired) electrons. The van der Waals surface area contributed by atoms with E-state index < -0.39 is 11.4 Å². The van der Waals surface area contributed by atoms with E-state index in [4.69, 9.17) is 15.2 Å². The number of hydrogen-bond acceptors (Lipinski definition) is 4. The number of nitrogen functional groups attached to an aromatic ring is 1. The van der Waals surface area contributed by atoms with E-state index in [9.17, 15) is 9.18 Å². The van der Waals surface area contributed by atoms with Crippen LogP contribution in [0.4, 0.5) is 10.1 Å². The standard InChI is InChI=1S/C17H16FNO3/c1-17(10-21-13-5-3-12(19)4-6-13)9-15(20)14-8-11(18)2-7-16(14)22-17/h2-8H,9-10,19H2,1H3. The highest BCUT2D eigenvalue weighted by Crippen LogP contribution is 2.34. The average Bonchev–Trinajstić information content (AvgIpc) is 2.48. The van der Waals surface area contributed by atoms with Crippen LogP contribution in [0, 0.1) is 5.82 Å². The molecule has 0 aromatic heterocycles. The minimum atomic E-state index is -0.788. The Kier molecular flexibility index (Phi) is 3.48. The van der Waals surface area contributed by atoms with E-state index in [1.165, 1.54) is 18.2 Å². The molecule has 0 aliphatic carbocycles. The summed E-state index contributed by atoms with van der Waals surface area (Å²) in [5, 5.41) is 0. The zero-order chi connectivity index (χ0) is 15.7. The maximum atomic E-state index is 13.2. The van der Waals surface area contributed by atoms with Gasteiger partial charge in [-0.3, -0.25) is 4.79 Å². The fourth-order valence-electron chi connectivity index (χ4n) is 2.43. The summed E-state index contributed by atoms with van der Waals surface area (Å²) in [6.07, 6.45) is 0.137. The van der Waals surface area contributed by atoms with Gasteiger partial charge in [0.05, 0.1) is 12.0 Å². The van der Waals surface area contributed by atoms with Crippen molar-refractivity contribution in [3.63, 3.8) is 0 Å². The van der Waals surface area contributed by atoms with E-state index in [0.717, 1.165) is 0 Å². The lowest BCUT2D eigenvalue weighted by molar-refractivity contribution is 0.0189. The predicted molar refractivity (Wildman–Crippen MR) is 80.7 cm³/mol. The molecule has 1 atom stereocenters. The minimum absolute atomic E-state index is 0.137. The molecule has 2 aromatic rings. The topological polar surface area (TPSA) is 61.5 Å². The second-order valence-corrected chi connectivity index (χ2v) is 5.65. The van der Waals surface area contributed by atoms with Crippen LogP contribution < -0.4 is 15.2 Å². The molecule has 0 fully saturated rings. The Morgan fingerprint density at radius 3 is 2.73 bits per heavy atom. The molecule has 0 spiro atoms. The Hall–Kier alpha value is -2.56. The van der Waals surface area contributed by atoms with Crippen molar-refractivity contribution >= 4 is 11.5 Å². The van der Waals surface area contributed by atoms with Gasteiger partial charge in [-0.15, -0.1) is 0 Å². The Morgan fingerprint density at radius 1 is 1.27 bits per heavy atom. The lowest BCUT2D eigenvalue weighted by atomic mass is 9.92. The predicted octanol–water partition coefficient (Wildman–Crippen LogP) is 3.21. The van der Waals surface area contributed by atoms with E-state index in [0.29, 0.717) is 17.2 Å². The summed E-state index contributed by atoms with van der Waals surface area (Å²) in [6, 6.07) is 10.9. The second kappa shape index (κ2) is 5.33. The van der Waals surface area contributed by atoms with E-state index in [2.05, 4.69) is 0 Å². The third-order valence-electron chi connectivity index (χ3n) is 3.56. The van der Waals surface area contributed by atoms with Crippen molar-refractivity contribution in [3.8, 4) is 11.5 Å². The Bertz CT molecular complexity index is 714. The van der Waals surface area contributed by atoms with Crippen molar-refractivity contribution < 1.29 is 18.7 Å². The largest absolute Gasteiger partial charge is 0.489 e. The van der Waals surface area contributed by atoms with Crippen molar-refractivity contribution in [2.75, 3.05) is 12.3 Å². The van der Waals surface area contributed by atoms with Gasteiger partial charge >= 0.3 is 0 Å². The van der Waals surface area contributed by atoms with Crippen LogP contribution in [0.2, 0.25) is 0 Å². The third kappa shape index (κ3) is 2.88. The van der Waals surface area contributed by atoms with Crippen molar-refractivity contribution in [2.24, 2.45) is 0 Å². The highest BCUT2D eigenvalue weighted by atomic mass is 19.1. The molecule has 0 saturated heterocycles. The number of fused-ring (bicyclic) bond motifs is 1. The maximum absolute atomic E-state index is 13.2. The third-order valence-corrected chi connectivity index (χ3v) is 3.56. The Labute approximate surface area is 127 Å². The Morgan fingerprint density at radius 2 is 2.00 bits per heavy atom. The number of anilines is 1. The van der Waals surface area contributed by atoms with Gasteiger partial charge in [-0.1, -0.05) is 0 Å². The lowest BCUT2D eigenvalue weighted by Gasteiger charge is -2.34. The van der Waals surface area contributed by atoms with Gasteiger partial charge in [0.15, 0.2) is 5.78 Å². The summed E-state index contributed by atoms with van der Waals surface area (Å²) < 4.78 is 24.8. The highest BCUT2D eigenvalue weighted by molar-refractivity contribution is 6.00. The monoisotopic (exact) mass is 301 g/mol. The van der Waals surface area contributed by atoms with E-state index >= 15 is 0 Å². The van der Waals surface area contributed by atoms with Gasteiger partial charge in [-0.05, 0) is 49.4 Å². The van der Waals surface area contributed by atoms with Gasteiger partial charge in [0.2, 0.25) is 0 Å². The number of rotatable bonds is 3. The summed E-state index contributed by atoms with van der Waals surface area (Å²) in [5.74, 6) is 0.444. The molecule has 5 heteroatoms. The molecule has 1 aliphatic rings. The lowest BCUT2D eigenvalue weighted by Crippen LogP contribution is -2.44. The van der Waals surface area contributed by atoms with Crippen LogP contribution in [0.3, 0.4) is 0 Å². The number of ether oxygens (including phenoxy) is 2. The second-order valence-electron chi connectivity index (χ2n) is 5.65. The molecule has 1 heterocycles. The molecule has 114 valence electrons. The molecule has 2 N–H and O–H groups in total. The summed E-state index contributed by atoms with van der Waals surface area (Å²) in [7, 11) is 0. The van der Waals surface area contributed by atoms with Gasteiger partial charge in [0.1, 0.15) is 29.5 Å². The first-order valence-corrected chi connectivity index (χ1v) is 6.95. The van der Waals surface area contributed by atoms with Gasteiger partial charge in [0, 0.05) is 5.69 Å². The molecule has 1 aliphatic heterocycles. The number of hydrogen-bond donors (Lipinski definition) is 1. The molecule has 4 nitrogen and oxygen atoms in total. The number of carbonyl (C=O) groups is 1. The van der Waals surface area contributed by atoms with Crippen molar-refractivity contribution in [2.45, 2.75) is 18.9 Å². The van der Waals surface area contributed by atoms with Gasteiger partial charge in [0.25, 0.3) is 0 Å².